The molecule has 5 fully saturated rings. The number of benzene rings is 1. The first-order valence-electron chi connectivity index (χ1n) is 15.7. The van der Waals surface area contributed by atoms with E-state index in [-0.39, 0.29) is 22.9 Å². The third-order valence-corrected chi connectivity index (χ3v) is 10.3. The van der Waals surface area contributed by atoms with E-state index in [0.717, 1.165) is 63.8 Å². The van der Waals surface area contributed by atoms with E-state index in [0.29, 0.717) is 59.1 Å². The number of likely N-dealkylation sites (tertiary alicyclic amines) is 1. The van der Waals surface area contributed by atoms with Crippen molar-refractivity contribution in [3.63, 3.8) is 0 Å². The average molecular weight is 601 g/mol. The third-order valence-electron chi connectivity index (χ3n) is 10.3. The Hall–Kier alpha value is -3.93. The summed E-state index contributed by atoms with van der Waals surface area (Å²) in [5.74, 6) is 2.51. The second kappa shape index (κ2) is 10.3. The first-order chi connectivity index (χ1) is 21.3. The van der Waals surface area contributed by atoms with E-state index in [2.05, 4.69) is 54.3 Å². The zero-order chi connectivity index (χ0) is 30.1. The molecule has 44 heavy (non-hydrogen) atoms. The number of amides is 1. The van der Waals surface area contributed by atoms with Gasteiger partial charge in [0, 0.05) is 49.4 Å². The van der Waals surface area contributed by atoms with Gasteiger partial charge in [-0.25, -0.2) is 14.2 Å². The Balaban J connectivity index is 0.978. The van der Waals surface area contributed by atoms with Gasteiger partial charge in [0.2, 0.25) is 0 Å². The molecule has 0 bridgehead atoms. The molecule has 2 aromatic heterocycles. The molecule has 8 rings (SSSR count). The smallest absolute Gasteiger partial charge is 0.407 e. The number of alkyl carbamates (subject to hydrolysis) is 1. The number of hydrogen-bond acceptors (Lipinski definition) is 10. The molecule has 230 valence electrons. The largest absolute Gasteiger partial charge is 0.447 e. The first-order valence-corrected chi connectivity index (χ1v) is 15.7. The number of carbonyl (C=O) groups excluding carboxylic acids is 1. The van der Waals surface area contributed by atoms with Crippen LogP contribution in [0.1, 0.15) is 57.4 Å². The highest BCUT2D eigenvalue weighted by Gasteiger charge is 2.57. The normalized spacial score (nSPS) is 26.4. The molecule has 5 aliphatic rings. The van der Waals surface area contributed by atoms with Crippen LogP contribution in [0, 0.1) is 23.1 Å². The summed E-state index contributed by atoms with van der Waals surface area (Å²) in [4.78, 5) is 21.1. The fourth-order valence-electron chi connectivity index (χ4n) is 8.26. The number of aromatic nitrogens is 5. The van der Waals surface area contributed by atoms with Gasteiger partial charge < -0.3 is 19.7 Å². The maximum absolute atomic E-state index is 14.5. The summed E-state index contributed by atoms with van der Waals surface area (Å²) >= 11 is 0. The van der Waals surface area contributed by atoms with Crippen LogP contribution in [0.4, 0.5) is 15.0 Å². The molecule has 1 atom stereocenters. The van der Waals surface area contributed by atoms with E-state index in [9.17, 15) is 9.18 Å². The lowest BCUT2D eigenvalue weighted by Gasteiger charge is -2.58. The quantitative estimate of drug-likeness (QED) is 0.394. The summed E-state index contributed by atoms with van der Waals surface area (Å²) in [6, 6.07) is 6.89. The molecule has 1 aromatic carbocycles. The third kappa shape index (κ3) is 4.83. The van der Waals surface area contributed by atoms with Crippen molar-refractivity contribution in [2.45, 2.75) is 63.5 Å². The van der Waals surface area contributed by atoms with Gasteiger partial charge in [-0.3, -0.25) is 4.90 Å². The Morgan fingerprint density at radius 3 is 2.70 bits per heavy atom. The monoisotopic (exact) mass is 600 g/mol. The van der Waals surface area contributed by atoms with E-state index in [1.54, 1.807) is 12.3 Å². The van der Waals surface area contributed by atoms with Crippen LogP contribution in [0.25, 0.3) is 11.3 Å². The highest BCUT2D eigenvalue weighted by molar-refractivity contribution is 5.72. The van der Waals surface area contributed by atoms with Gasteiger partial charge in [-0.1, -0.05) is 13.8 Å². The molecule has 1 N–H and O–H groups in total. The molecule has 1 amide bonds. The Labute approximate surface area is 255 Å². The first kappa shape index (κ1) is 27.6. The fourth-order valence-corrected chi connectivity index (χ4v) is 8.26. The van der Waals surface area contributed by atoms with Gasteiger partial charge in [-0.05, 0) is 79.7 Å². The van der Waals surface area contributed by atoms with Crippen molar-refractivity contribution in [3.05, 3.63) is 48.2 Å². The van der Waals surface area contributed by atoms with Crippen LogP contribution in [0.5, 0.6) is 11.6 Å². The predicted molar refractivity (Wildman–Crippen MR) is 159 cm³/mol. The van der Waals surface area contributed by atoms with Crippen LogP contribution in [0.15, 0.2) is 36.8 Å². The van der Waals surface area contributed by atoms with Crippen molar-refractivity contribution in [2.75, 3.05) is 37.7 Å². The lowest BCUT2D eigenvalue weighted by Crippen LogP contribution is -2.67. The van der Waals surface area contributed by atoms with Crippen molar-refractivity contribution >= 4 is 11.9 Å². The van der Waals surface area contributed by atoms with Gasteiger partial charge >= 0.3 is 6.09 Å². The van der Waals surface area contributed by atoms with Gasteiger partial charge in [0.25, 0.3) is 5.88 Å². The van der Waals surface area contributed by atoms with Gasteiger partial charge in [0.1, 0.15) is 30.2 Å². The number of cyclic esters (lactones) is 1. The van der Waals surface area contributed by atoms with Crippen LogP contribution in [0.2, 0.25) is 0 Å². The SMILES string of the molecule is CC(C)[C@@H](C1CC2(COC(=O)N2)C1)N1CC2(CCN(c3ncnnc3Oc3ccc(F)cc3-c3nnccc3C3CC3)C2)C1. The summed E-state index contributed by atoms with van der Waals surface area (Å²) in [5.41, 5.74) is 2.26. The zero-order valence-corrected chi connectivity index (χ0v) is 25.1. The van der Waals surface area contributed by atoms with Gasteiger partial charge in [-0.15, -0.1) is 10.2 Å². The van der Waals surface area contributed by atoms with Crippen LogP contribution in [0.3, 0.4) is 0 Å². The van der Waals surface area contributed by atoms with Gasteiger partial charge in [-0.2, -0.15) is 10.2 Å². The second-order valence-electron chi connectivity index (χ2n) is 13.9. The number of hydrogen-bond donors (Lipinski definition) is 1. The molecule has 2 spiro atoms. The topological polar surface area (TPSA) is 118 Å². The Morgan fingerprint density at radius 2 is 1.95 bits per heavy atom. The summed E-state index contributed by atoms with van der Waals surface area (Å²) < 4.78 is 26.1. The number of nitrogens with one attached hydrogen (secondary N) is 1. The number of carbonyl (C=O) groups is 1. The van der Waals surface area contributed by atoms with Crippen LogP contribution < -0.4 is 15.0 Å². The summed E-state index contributed by atoms with van der Waals surface area (Å²) in [5, 5.41) is 19.9. The Bertz CT molecular complexity index is 1590. The molecule has 11 nitrogen and oxygen atoms in total. The van der Waals surface area contributed by atoms with Crippen molar-refractivity contribution in [2.24, 2.45) is 17.3 Å². The standard InChI is InChI=1S/C32H37FN8O3/c1-19(2)27(21-12-32(13-21)17-43-30(42)37-32)41-15-31(16-41)8-10-40(14-31)28-29(39-36-18-34-28)44-25-6-5-22(33)11-24(25)26-23(20-3-4-20)7-9-35-38-26/h5-7,9,11,18-21,27H,3-4,8,10,12-17H2,1-2H3,(H,37,42)/t21?,27-,32?/m0/s1. The van der Waals surface area contributed by atoms with Crippen molar-refractivity contribution in [1.29, 1.82) is 0 Å². The lowest BCUT2D eigenvalue weighted by molar-refractivity contribution is -0.0810. The van der Waals surface area contributed by atoms with Crippen LogP contribution in [-0.4, -0.2) is 80.7 Å². The molecular weight excluding hydrogens is 563 g/mol. The summed E-state index contributed by atoms with van der Waals surface area (Å²) in [6.07, 6.45) is 8.04. The second-order valence-corrected chi connectivity index (χ2v) is 13.9. The Morgan fingerprint density at radius 1 is 1.11 bits per heavy atom. The van der Waals surface area contributed by atoms with Gasteiger partial charge in [0.15, 0.2) is 5.82 Å². The molecule has 0 unspecified atom stereocenters. The maximum atomic E-state index is 14.5. The zero-order valence-electron chi connectivity index (χ0n) is 25.1. The molecule has 12 heteroatoms. The minimum atomic E-state index is -0.369. The van der Waals surface area contributed by atoms with E-state index >= 15 is 0 Å². The maximum Gasteiger partial charge on any atom is 0.407 e. The average Bonchev–Trinajstić information content (AvgIpc) is 3.61. The predicted octanol–water partition coefficient (Wildman–Crippen LogP) is 4.56. The van der Waals surface area contributed by atoms with Crippen LogP contribution >= 0.6 is 0 Å². The molecule has 0 radical (unpaired) electrons. The molecule has 3 aromatic rings. The van der Waals surface area contributed by atoms with E-state index < -0.39 is 0 Å². The number of halogens is 1. The fraction of sp³-hybridized carbons (Fsp3) is 0.562. The number of anilines is 1. The molecular formula is C32H37FN8O3. The minimum Gasteiger partial charge on any atom is -0.447 e. The lowest BCUT2D eigenvalue weighted by atomic mass is 9.62. The minimum absolute atomic E-state index is 0.158. The molecule has 2 saturated carbocycles. The van der Waals surface area contributed by atoms with Gasteiger partial charge in [0.05, 0.1) is 5.54 Å². The van der Waals surface area contributed by atoms with E-state index in [4.69, 9.17) is 9.47 Å². The number of nitrogens with zero attached hydrogens (tertiary/aromatic N) is 7. The molecule has 2 aliphatic carbocycles. The summed E-state index contributed by atoms with van der Waals surface area (Å²) in [7, 11) is 0. The Kier molecular flexibility index (Phi) is 6.48. The summed E-state index contributed by atoms with van der Waals surface area (Å²) in [6.45, 7) is 8.87. The highest BCUT2D eigenvalue weighted by Crippen LogP contribution is 2.50. The number of ether oxygens (including phenoxy) is 2. The highest BCUT2D eigenvalue weighted by atomic mass is 19.1. The van der Waals surface area contributed by atoms with E-state index in [1.165, 1.54) is 18.5 Å². The molecule has 5 heterocycles. The van der Waals surface area contributed by atoms with Crippen molar-refractivity contribution < 1.29 is 18.7 Å². The van der Waals surface area contributed by atoms with Crippen LogP contribution in [-0.2, 0) is 4.74 Å². The molecule has 3 saturated heterocycles. The van der Waals surface area contributed by atoms with E-state index in [1.807, 2.05) is 6.07 Å². The number of rotatable bonds is 8. The van der Waals surface area contributed by atoms with Crippen molar-refractivity contribution in [1.82, 2.24) is 35.6 Å². The molecule has 3 aliphatic heterocycles. The van der Waals surface area contributed by atoms with Crippen molar-refractivity contribution in [3.8, 4) is 22.9 Å².